The van der Waals surface area contributed by atoms with Gasteiger partial charge in [0.05, 0.1) is 6.61 Å². The number of benzene rings is 1. The summed E-state index contributed by atoms with van der Waals surface area (Å²) >= 11 is 0. The number of carbonyl (C=O) groups excluding carboxylic acids is 1. The van der Waals surface area contributed by atoms with Gasteiger partial charge in [-0.3, -0.25) is 0 Å². The first-order valence-electron chi connectivity index (χ1n) is 8.26. The number of nitrogens with zero attached hydrogens (tertiary/aromatic N) is 2. The maximum absolute atomic E-state index is 12.3. The molecule has 1 aromatic carbocycles. The number of urea groups is 1. The van der Waals surface area contributed by atoms with Crippen molar-refractivity contribution in [3.8, 4) is 0 Å². The monoisotopic (exact) mass is 303 g/mol. The number of hydrogen-bond acceptors (Lipinski definition) is 3. The van der Waals surface area contributed by atoms with Gasteiger partial charge in [-0.2, -0.15) is 0 Å². The Labute approximate surface area is 131 Å². The molecule has 5 nitrogen and oxygen atoms in total. The summed E-state index contributed by atoms with van der Waals surface area (Å²) in [6.45, 7) is 2.42. The quantitative estimate of drug-likeness (QED) is 0.872. The first kappa shape index (κ1) is 15.2. The van der Waals surface area contributed by atoms with Crippen molar-refractivity contribution in [2.24, 2.45) is 0 Å². The molecule has 0 radical (unpaired) electrons. The van der Waals surface area contributed by atoms with Gasteiger partial charge in [0.2, 0.25) is 0 Å². The zero-order chi connectivity index (χ0) is 15.4. The summed E-state index contributed by atoms with van der Waals surface area (Å²) in [6.07, 6.45) is 4.08. The van der Waals surface area contributed by atoms with E-state index in [0.29, 0.717) is 12.6 Å². The number of piperidine rings is 1. The van der Waals surface area contributed by atoms with E-state index < -0.39 is 0 Å². The molecule has 3 rings (SSSR count). The normalized spacial score (nSPS) is 19.0. The Morgan fingerprint density at radius 1 is 1.18 bits per heavy atom. The third-order valence-electron chi connectivity index (χ3n) is 4.53. The molecule has 1 saturated carbocycles. The fourth-order valence-corrected chi connectivity index (χ4v) is 3.12. The summed E-state index contributed by atoms with van der Waals surface area (Å²) in [5.41, 5.74) is 1.26. The van der Waals surface area contributed by atoms with E-state index in [1.807, 2.05) is 6.07 Å². The lowest BCUT2D eigenvalue weighted by Gasteiger charge is -2.35. The minimum Gasteiger partial charge on any atom is -0.395 e. The highest BCUT2D eigenvalue weighted by Crippen LogP contribution is 2.27. The van der Waals surface area contributed by atoms with Crippen molar-refractivity contribution in [2.75, 3.05) is 31.1 Å². The van der Waals surface area contributed by atoms with Crippen molar-refractivity contribution in [2.45, 2.75) is 37.8 Å². The lowest BCUT2D eigenvalue weighted by atomic mass is 10.0. The second-order valence-electron chi connectivity index (χ2n) is 6.19. The molecule has 5 heteroatoms. The van der Waals surface area contributed by atoms with E-state index >= 15 is 0 Å². The lowest BCUT2D eigenvalue weighted by molar-refractivity contribution is 0.169. The van der Waals surface area contributed by atoms with Gasteiger partial charge in [0.15, 0.2) is 0 Å². The minimum absolute atomic E-state index is 0.00490. The van der Waals surface area contributed by atoms with E-state index in [1.165, 1.54) is 5.69 Å². The Hall–Kier alpha value is -1.75. The van der Waals surface area contributed by atoms with Crippen molar-refractivity contribution in [1.29, 1.82) is 0 Å². The molecule has 0 atom stereocenters. The highest BCUT2D eigenvalue weighted by atomic mass is 16.3. The molecule has 120 valence electrons. The zero-order valence-corrected chi connectivity index (χ0v) is 12.9. The van der Waals surface area contributed by atoms with Crippen LogP contribution in [0.5, 0.6) is 0 Å². The molecule has 2 aliphatic rings. The van der Waals surface area contributed by atoms with Gasteiger partial charge < -0.3 is 20.2 Å². The van der Waals surface area contributed by atoms with Gasteiger partial charge in [0.25, 0.3) is 0 Å². The number of hydrogen-bond donors (Lipinski definition) is 2. The molecule has 0 bridgehead atoms. The van der Waals surface area contributed by atoms with Gasteiger partial charge in [0.1, 0.15) is 0 Å². The summed E-state index contributed by atoms with van der Waals surface area (Å²) in [7, 11) is 0. The van der Waals surface area contributed by atoms with Gasteiger partial charge in [-0.15, -0.1) is 0 Å². The van der Waals surface area contributed by atoms with Gasteiger partial charge in [0, 0.05) is 37.4 Å². The summed E-state index contributed by atoms with van der Waals surface area (Å²) in [4.78, 5) is 16.5. The second kappa shape index (κ2) is 7.01. The van der Waals surface area contributed by atoms with Crippen molar-refractivity contribution in [1.82, 2.24) is 10.2 Å². The standard InChI is InChI=1S/C17H25N3O2/c21-13-12-20(16-6-7-16)17(22)18-14-8-10-19(11-9-14)15-4-2-1-3-5-15/h1-5,14,16,21H,6-13H2,(H,18,22). The molecule has 0 spiro atoms. The number of rotatable bonds is 5. The molecule has 2 N–H and O–H groups in total. The lowest BCUT2D eigenvalue weighted by Crippen LogP contribution is -2.50. The Balaban J connectivity index is 1.48. The van der Waals surface area contributed by atoms with Gasteiger partial charge in [-0.25, -0.2) is 4.79 Å². The van der Waals surface area contributed by atoms with Crippen LogP contribution in [0.2, 0.25) is 0 Å². The minimum atomic E-state index is -0.00490. The van der Waals surface area contributed by atoms with E-state index in [-0.39, 0.29) is 18.7 Å². The topological polar surface area (TPSA) is 55.8 Å². The Morgan fingerprint density at radius 3 is 2.45 bits per heavy atom. The van der Waals surface area contributed by atoms with Crippen molar-refractivity contribution in [3.63, 3.8) is 0 Å². The van der Waals surface area contributed by atoms with Crippen LogP contribution in [0.15, 0.2) is 30.3 Å². The van der Waals surface area contributed by atoms with Gasteiger partial charge >= 0.3 is 6.03 Å². The summed E-state index contributed by atoms with van der Waals surface area (Å²) in [5.74, 6) is 0. The molecule has 0 aromatic heterocycles. The highest BCUT2D eigenvalue weighted by molar-refractivity contribution is 5.75. The van der Waals surface area contributed by atoms with Crippen molar-refractivity contribution >= 4 is 11.7 Å². The fourth-order valence-electron chi connectivity index (χ4n) is 3.12. The Kier molecular flexibility index (Phi) is 4.83. The number of aliphatic hydroxyl groups is 1. The largest absolute Gasteiger partial charge is 0.395 e. The number of carbonyl (C=O) groups is 1. The smallest absolute Gasteiger partial charge is 0.317 e. The molecule has 2 amide bonds. The number of nitrogens with one attached hydrogen (secondary N) is 1. The maximum atomic E-state index is 12.3. The predicted octanol–water partition coefficient (Wildman–Crippen LogP) is 1.82. The van der Waals surface area contributed by atoms with Crippen LogP contribution in [0.25, 0.3) is 0 Å². The van der Waals surface area contributed by atoms with E-state index in [0.717, 1.165) is 38.8 Å². The number of para-hydroxylation sites is 1. The van der Waals surface area contributed by atoms with Crippen LogP contribution < -0.4 is 10.2 Å². The van der Waals surface area contributed by atoms with E-state index in [4.69, 9.17) is 5.11 Å². The van der Waals surface area contributed by atoms with Crippen LogP contribution in [0.4, 0.5) is 10.5 Å². The number of aliphatic hydroxyl groups excluding tert-OH is 1. The van der Waals surface area contributed by atoms with Crippen LogP contribution in [-0.4, -0.2) is 54.4 Å². The van der Waals surface area contributed by atoms with Crippen molar-refractivity contribution in [3.05, 3.63) is 30.3 Å². The van der Waals surface area contributed by atoms with Crippen LogP contribution in [-0.2, 0) is 0 Å². The van der Waals surface area contributed by atoms with E-state index in [1.54, 1.807) is 4.90 Å². The first-order chi connectivity index (χ1) is 10.8. The maximum Gasteiger partial charge on any atom is 0.317 e. The van der Waals surface area contributed by atoms with Gasteiger partial charge in [-0.1, -0.05) is 18.2 Å². The summed E-state index contributed by atoms with van der Waals surface area (Å²) < 4.78 is 0. The van der Waals surface area contributed by atoms with E-state index in [9.17, 15) is 4.79 Å². The molecule has 1 aromatic rings. The molecule has 1 saturated heterocycles. The molecular formula is C17H25N3O2. The van der Waals surface area contributed by atoms with Gasteiger partial charge in [-0.05, 0) is 37.8 Å². The fraction of sp³-hybridized carbons (Fsp3) is 0.588. The highest BCUT2D eigenvalue weighted by Gasteiger charge is 2.33. The van der Waals surface area contributed by atoms with Crippen LogP contribution in [0.3, 0.4) is 0 Å². The predicted molar refractivity (Wildman–Crippen MR) is 87.0 cm³/mol. The number of anilines is 1. The first-order valence-corrected chi connectivity index (χ1v) is 8.26. The molecule has 1 heterocycles. The van der Waals surface area contributed by atoms with Crippen LogP contribution in [0, 0.1) is 0 Å². The van der Waals surface area contributed by atoms with Crippen molar-refractivity contribution < 1.29 is 9.90 Å². The molecule has 2 fully saturated rings. The second-order valence-corrected chi connectivity index (χ2v) is 6.19. The Bertz CT molecular complexity index is 482. The average Bonchev–Trinajstić information content (AvgIpc) is 3.39. The number of amides is 2. The molecule has 1 aliphatic carbocycles. The summed E-state index contributed by atoms with van der Waals surface area (Å²) in [5, 5.41) is 12.2. The summed E-state index contributed by atoms with van der Waals surface area (Å²) in [6, 6.07) is 11.0. The molecular weight excluding hydrogens is 278 g/mol. The molecule has 22 heavy (non-hydrogen) atoms. The Morgan fingerprint density at radius 2 is 1.86 bits per heavy atom. The third kappa shape index (κ3) is 3.71. The SMILES string of the molecule is O=C(NC1CCN(c2ccccc2)CC1)N(CCO)C1CC1. The zero-order valence-electron chi connectivity index (χ0n) is 12.9. The molecule has 1 aliphatic heterocycles. The average molecular weight is 303 g/mol. The third-order valence-corrected chi connectivity index (χ3v) is 4.53. The van der Waals surface area contributed by atoms with Crippen LogP contribution >= 0.6 is 0 Å². The van der Waals surface area contributed by atoms with Crippen LogP contribution in [0.1, 0.15) is 25.7 Å². The molecule has 0 unspecified atom stereocenters. The van der Waals surface area contributed by atoms with E-state index in [2.05, 4.69) is 34.5 Å².